The number of nitrogens with two attached hydrogens (primary N) is 2. The van der Waals surface area contributed by atoms with Gasteiger partial charge in [-0.25, -0.2) is 4.39 Å². The van der Waals surface area contributed by atoms with Gasteiger partial charge in [0.1, 0.15) is 5.82 Å². The lowest BCUT2D eigenvalue weighted by Gasteiger charge is -2.13. The van der Waals surface area contributed by atoms with Crippen molar-refractivity contribution >= 4 is 30.5 Å². The van der Waals surface area contributed by atoms with Crippen molar-refractivity contribution in [3.05, 3.63) is 29.6 Å². The summed E-state index contributed by atoms with van der Waals surface area (Å²) in [5.74, 6) is -0.277. The molecular weight excluding hydrogens is 250 g/mol. The summed E-state index contributed by atoms with van der Waals surface area (Å²) in [6.45, 7) is 2.10. The van der Waals surface area contributed by atoms with Crippen molar-refractivity contribution in [1.82, 2.24) is 0 Å². The summed E-state index contributed by atoms with van der Waals surface area (Å²) in [7, 11) is 0. The molecule has 94 valence electrons. The third-order valence-electron chi connectivity index (χ3n) is 2.32. The second kappa shape index (κ2) is 8.62. The number of hydrogen-bond donors (Lipinski definition) is 2. The van der Waals surface area contributed by atoms with E-state index in [0.717, 1.165) is 24.8 Å². The first-order valence-corrected chi connectivity index (χ1v) is 4.95. The Kier molecular flexibility index (Phi) is 9.63. The van der Waals surface area contributed by atoms with Gasteiger partial charge >= 0.3 is 0 Å². The SMILES string of the molecule is CCCCC(N)c1cc(F)ccc1N.Cl.Cl. The highest BCUT2D eigenvalue weighted by Gasteiger charge is 2.09. The van der Waals surface area contributed by atoms with Gasteiger partial charge in [-0.05, 0) is 30.2 Å². The Bertz CT molecular complexity index is 308. The maximum Gasteiger partial charge on any atom is 0.123 e. The molecule has 0 fully saturated rings. The van der Waals surface area contributed by atoms with Crippen LogP contribution in [0.15, 0.2) is 18.2 Å². The molecular formula is C11H19Cl2FN2. The lowest BCUT2D eigenvalue weighted by atomic mass is 10.0. The molecule has 1 aromatic rings. The Morgan fingerprint density at radius 3 is 2.50 bits per heavy atom. The lowest BCUT2D eigenvalue weighted by molar-refractivity contribution is 0.590. The zero-order valence-electron chi connectivity index (χ0n) is 9.28. The highest BCUT2D eigenvalue weighted by atomic mass is 35.5. The molecule has 4 N–H and O–H groups in total. The molecule has 5 heteroatoms. The van der Waals surface area contributed by atoms with Gasteiger partial charge in [-0.1, -0.05) is 19.8 Å². The lowest BCUT2D eigenvalue weighted by Crippen LogP contribution is -2.12. The number of anilines is 1. The highest BCUT2D eigenvalue weighted by Crippen LogP contribution is 2.23. The minimum absolute atomic E-state index is 0. The number of halogens is 3. The molecule has 0 aliphatic heterocycles. The van der Waals surface area contributed by atoms with Gasteiger partial charge in [-0.15, -0.1) is 24.8 Å². The van der Waals surface area contributed by atoms with Gasteiger partial charge in [0.05, 0.1) is 0 Å². The van der Waals surface area contributed by atoms with Crippen molar-refractivity contribution in [1.29, 1.82) is 0 Å². The van der Waals surface area contributed by atoms with Gasteiger partial charge in [0.2, 0.25) is 0 Å². The monoisotopic (exact) mass is 268 g/mol. The number of nitrogen functional groups attached to an aromatic ring is 1. The summed E-state index contributed by atoms with van der Waals surface area (Å²) in [5.41, 5.74) is 12.9. The number of hydrogen-bond acceptors (Lipinski definition) is 2. The Morgan fingerprint density at radius 1 is 1.31 bits per heavy atom. The van der Waals surface area contributed by atoms with Gasteiger partial charge < -0.3 is 11.5 Å². The fraction of sp³-hybridized carbons (Fsp3) is 0.455. The molecule has 0 heterocycles. The van der Waals surface area contributed by atoms with E-state index < -0.39 is 0 Å². The highest BCUT2D eigenvalue weighted by molar-refractivity contribution is 5.85. The molecule has 0 saturated heterocycles. The van der Waals surface area contributed by atoms with Crippen molar-refractivity contribution in [2.24, 2.45) is 5.73 Å². The normalized spacial score (nSPS) is 11.2. The van der Waals surface area contributed by atoms with Crippen LogP contribution in [0.1, 0.15) is 37.8 Å². The summed E-state index contributed by atoms with van der Waals surface area (Å²) in [5, 5.41) is 0. The molecule has 0 amide bonds. The summed E-state index contributed by atoms with van der Waals surface area (Å²) in [6, 6.07) is 4.20. The van der Waals surface area contributed by atoms with Crippen molar-refractivity contribution in [3.8, 4) is 0 Å². The number of unbranched alkanes of at least 4 members (excludes halogenated alkanes) is 1. The first kappa shape index (κ1) is 17.9. The van der Waals surface area contributed by atoms with Gasteiger partial charge in [0.15, 0.2) is 0 Å². The van der Waals surface area contributed by atoms with E-state index in [1.807, 2.05) is 0 Å². The summed E-state index contributed by atoms with van der Waals surface area (Å²) in [4.78, 5) is 0. The van der Waals surface area contributed by atoms with Crippen LogP contribution >= 0.6 is 24.8 Å². The van der Waals surface area contributed by atoms with Crippen LogP contribution in [0.25, 0.3) is 0 Å². The molecule has 2 nitrogen and oxygen atoms in total. The molecule has 1 aromatic carbocycles. The summed E-state index contributed by atoms with van der Waals surface area (Å²) < 4.78 is 12.9. The predicted octanol–water partition coefficient (Wildman–Crippen LogP) is 3.44. The molecule has 0 aromatic heterocycles. The summed E-state index contributed by atoms with van der Waals surface area (Å²) >= 11 is 0. The van der Waals surface area contributed by atoms with E-state index in [2.05, 4.69) is 6.92 Å². The molecule has 0 aliphatic carbocycles. The first-order valence-electron chi connectivity index (χ1n) is 4.95. The van der Waals surface area contributed by atoms with Crippen LogP contribution in [0.2, 0.25) is 0 Å². The minimum Gasteiger partial charge on any atom is -0.398 e. The van der Waals surface area contributed by atoms with E-state index in [4.69, 9.17) is 11.5 Å². The zero-order valence-corrected chi connectivity index (χ0v) is 10.9. The van der Waals surface area contributed by atoms with E-state index >= 15 is 0 Å². The van der Waals surface area contributed by atoms with Crippen LogP contribution in [0.4, 0.5) is 10.1 Å². The molecule has 0 radical (unpaired) electrons. The van der Waals surface area contributed by atoms with E-state index in [9.17, 15) is 4.39 Å². The molecule has 1 rings (SSSR count). The molecule has 0 aliphatic rings. The smallest absolute Gasteiger partial charge is 0.123 e. The topological polar surface area (TPSA) is 52.0 Å². The van der Waals surface area contributed by atoms with Crippen LogP contribution in [0.5, 0.6) is 0 Å². The quantitative estimate of drug-likeness (QED) is 0.822. The Hall–Kier alpha value is -0.510. The van der Waals surface area contributed by atoms with E-state index in [1.165, 1.54) is 12.1 Å². The molecule has 0 saturated carbocycles. The summed E-state index contributed by atoms with van der Waals surface area (Å²) in [6.07, 6.45) is 2.98. The van der Waals surface area contributed by atoms with Crippen molar-refractivity contribution < 1.29 is 4.39 Å². The van der Waals surface area contributed by atoms with E-state index in [-0.39, 0.29) is 36.7 Å². The van der Waals surface area contributed by atoms with Crippen LogP contribution in [-0.2, 0) is 0 Å². The van der Waals surface area contributed by atoms with Crippen LogP contribution < -0.4 is 11.5 Å². The third-order valence-corrected chi connectivity index (χ3v) is 2.32. The number of benzene rings is 1. The fourth-order valence-electron chi connectivity index (χ4n) is 1.45. The number of rotatable bonds is 4. The Labute approximate surface area is 108 Å². The standard InChI is InChI=1S/C11H17FN2.2ClH/c1-2-3-4-10(13)9-7-8(12)5-6-11(9)14;;/h5-7,10H,2-4,13-14H2,1H3;2*1H. The van der Waals surface area contributed by atoms with Gasteiger partial charge in [0.25, 0.3) is 0 Å². The Morgan fingerprint density at radius 2 is 1.94 bits per heavy atom. The van der Waals surface area contributed by atoms with Crippen molar-refractivity contribution in [2.75, 3.05) is 5.73 Å². The van der Waals surface area contributed by atoms with Crippen LogP contribution in [0.3, 0.4) is 0 Å². The average molecular weight is 269 g/mol. The maximum absolute atomic E-state index is 12.9. The van der Waals surface area contributed by atoms with Crippen molar-refractivity contribution in [3.63, 3.8) is 0 Å². The fourth-order valence-corrected chi connectivity index (χ4v) is 1.45. The van der Waals surface area contributed by atoms with Gasteiger partial charge in [0, 0.05) is 11.7 Å². The van der Waals surface area contributed by atoms with E-state index in [1.54, 1.807) is 6.07 Å². The predicted molar refractivity (Wildman–Crippen MR) is 71.8 cm³/mol. The largest absolute Gasteiger partial charge is 0.398 e. The Balaban J connectivity index is 0. The van der Waals surface area contributed by atoms with Crippen molar-refractivity contribution in [2.45, 2.75) is 32.2 Å². The molecule has 0 spiro atoms. The van der Waals surface area contributed by atoms with Gasteiger partial charge in [-0.3, -0.25) is 0 Å². The molecule has 1 atom stereocenters. The second-order valence-corrected chi connectivity index (χ2v) is 3.52. The zero-order chi connectivity index (χ0) is 10.6. The molecule has 16 heavy (non-hydrogen) atoms. The second-order valence-electron chi connectivity index (χ2n) is 3.52. The minimum atomic E-state index is -0.277. The average Bonchev–Trinajstić information content (AvgIpc) is 2.18. The molecule has 0 bridgehead atoms. The van der Waals surface area contributed by atoms with E-state index in [0.29, 0.717) is 5.69 Å². The maximum atomic E-state index is 12.9. The van der Waals surface area contributed by atoms with Crippen LogP contribution in [0, 0.1) is 5.82 Å². The third kappa shape index (κ3) is 5.01. The molecule has 1 unspecified atom stereocenters. The first-order chi connectivity index (χ1) is 6.65. The van der Waals surface area contributed by atoms with Gasteiger partial charge in [-0.2, -0.15) is 0 Å². The van der Waals surface area contributed by atoms with Crippen LogP contribution in [-0.4, -0.2) is 0 Å².